The van der Waals surface area contributed by atoms with Gasteiger partial charge in [-0.25, -0.2) is 4.79 Å². The van der Waals surface area contributed by atoms with Gasteiger partial charge in [0.15, 0.2) is 0 Å². The second-order valence-corrected chi connectivity index (χ2v) is 7.19. The lowest BCUT2D eigenvalue weighted by molar-refractivity contribution is -0.134. The lowest BCUT2D eigenvalue weighted by atomic mass is 10.2. The van der Waals surface area contributed by atoms with Crippen molar-refractivity contribution in [3.8, 4) is 0 Å². The van der Waals surface area contributed by atoms with Crippen LogP contribution in [0.25, 0.3) is 17.0 Å². The second-order valence-electron chi connectivity index (χ2n) is 5.42. The van der Waals surface area contributed by atoms with Gasteiger partial charge in [-0.1, -0.05) is 35.9 Å². The number of methoxy groups -OCH3 is 1. The minimum absolute atomic E-state index is 0.148. The zero-order chi connectivity index (χ0) is 18.0. The molecule has 2 aromatic carbocycles. The van der Waals surface area contributed by atoms with Crippen LogP contribution in [0.3, 0.4) is 0 Å². The monoisotopic (exact) mass is 356 g/mol. The fraction of sp³-hybridized carbons (Fsp3) is 0.111. The summed E-state index contributed by atoms with van der Waals surface area (Å²) in [7, 11) is -2.58. The van der Waals surface area contributed by atoms with Crippen LogP contribution in [0.5, 0.6) is 0 Å². The van der Waals surface area contributed by atoms with E-state index in [9.17, 15) is 13.2 Å². The summed E-state index contributed by atoms with van der Waals surface area (Å²) in [6, 6.07) is 13.5. The van der Waals surface area contributed by atoms with E-state index in [4.69, 9.17) is 0 Å². The Labute approximate surface area is 145 Å². The maximum Gasteiger partial charge on any atom is 0.330 e. The third-order valence-electron chi connectivity index (χ3n) is 3.71. The maximum atomic E-state index is 13.0. The summed E-state index contributed by atoms with van der Waals surface area (Å²) in [6.45, 7) is 1.88. The Hall–Kier alpha value is -2.93. The Morgan fingerprint density at radius 2 is 1.80 bits per heavy atom. The lowest BCUT2D eigenvalue weighted by Crippen LogP contribution is -2.14. The smallest absolute Gasteiger partial charge is 0.330 e. The van der Waals surface area contributed by atoms with E-state index in [1.54, 1.807) is 48.5 Å². The number of esters is 1. The highest BCUT2D eigenvalue weighted by atomic mass is 32.2. The van der Waals surface area contributed by atoms with Crippen molar-refractivity contribution < 1.29 is 17.9 Å². The van der Waals surface area contributed by atoms with Gasteiger partial charge in [-0.05, 0) is 31.2 Å². The van der Waals surface area contributed by atoms with Crippen LogP contribution in [0.2, 0.25) is 0 Å². The van der Waals surface area contributed by atoms with E-state index >= 15 is 0 Å². The van der Waals surface area contributed by atoms with Crippen LogP contribution >= 0.6 is 0 Å². The first kappa shape index (κ1) is 16.9. The van der Waals surface area contributed by atoms with Crippen LogP contribution in [-0.4, -0.2) is 30.7 Å². The third kappa shape index (κ3) is 3.18. The number of hydrogen-bond donors (Lipinski definition) is 0. The fourth-order valence-corrected chi connectivity index (χ4v) is 3.69. The van der Waals surface area contributed by atoms with Crippen molar-refractivity contribution in [3.05, 3.63) is 65.9 Å². The van der Waals surface area contributed by atoms with Crippen LogP contribution in [0.1, 0.15) is 11.3 Å². The number of hydrogen-bond acceptors (Lipinski definition) is 5. The van der Waals surface area contributed by atoms with E-state index in [0.29, 0.717) is 16.6 Å². The Morgan fingerprint density at radius 1 is 1.12 bits per heavy atom. The molecule has 0 aliphatic heterocycles. The first-order valence-corrected chi connectivity index (χ1v) is 8.93. The number of aromatic nitrogens is 2. The van der Waals surface area contributed by atoms with E-state index in [1.807, 2.05) is 6.92 Å². The first-order valence-electron chi connectivity index (χ1n) is 7.49. The summed E-state index contributed by atoms with van der Waals surface area (Å²) in [4.78, 5) is 11.5. The van der Waals surface area contributed by atoms with E-state index in [1.165, 1.54) is 19.3 Å². The number of nitrogens with zero attached hydrogens (tertiary/aromatic N) is 2. The van der Waals surface area contributed by atoms with Gasteiger partial charge in [0.2, 0.25) is 0 Å². The number of ether oxygens (including phenoxy) is 1. The molecule has 3 aromatic rings. The van der Waals surface area contributed by atoms with Gasteiger partial charge in [0.25, 0.3) is 10.0 Å². The molecule has 0 saturated carbocycles. The molecule has 7 heteroatoms. The Balaban J connectivity index is 2.18. The minimum Gasteiger partial charge on any atom is -0.466 e. The van der Waals surface area contributed by atoms with Crippen molar-refractivity contribution in [1.82, 2.24) is 9.19 Å². The van der Waals surface area contributed by atoms with Crippen molar-refractivity contribution in [1.29, 1.82) is 0 Å². The molecule has 0 radical (unpaired) electrons. The van der Waals surface area contributed by atoms with Crippen molar-refractivity contribution in [2.75, 3.05) is 7.11 Å². The number of aryl methyl sites for hydroxylation is 1. The highest BCUT2D eigenvalue weighted by molar-refractivity contribution is 7.90. The van der Waals surface area contributed by atoms with Crippen molar-refractivity contribution in [3.63, 3.8) is 0 Å². The van der Waals surface area contributed by atoms with Gasteiger partial charge in [0.1, 0.15) is 0 Å². The predicted octanol–water partition coefficient (Wildman–Crippen LogP) is 2.77. The molecule has 0 aliphatic rings. The highest BCUT2D eigenvalue weighted by Crippen LogP contribution is 2.24. The molecule has 0 fully saturated rings. The van der Waals surface area contributed by atoms with Crippen LogP contribution in [0.15, 0.2) is 59.5 Å². The molecule has 6 nitrogen and oxygen atoms in total. The van der Waals surface area contributed by atoms with Crippen LogP contribution in [-0.2, 0) is 19.6 Å². The van der Waals surface area contributed by atoms with Gasteiger partial charge in [0, 0.05) is 11.5 Å². The molecule has 128 valence electrons. The molecule has 3 rings (SSSR count). The molecule has 0 N–H and O–H groups in total. The van der Waals surface area contributed by atoms with Gasteiger partial charge < -0.3 is 4.74 Å². The van der Waals surface area contributed by atoms with E-state index in [-0.39, 0.29) is 4.90 Å². The molecule has 1 heterocycles. The quantitative estimate of drug-likeness (QED) is 0.530. The Bertz CT molecular complexity index is 1060. The predicted molar refractivity (Wildman–Crippen MR) is 94.5 cm³/mol. The summed E-state index contributed by atoms with van der Waals surface area (Å²) < 4.78 is 31.5. The molecule has 25 heavy (non-hydrogen) atoms. The number of fused-ring (bicyclic) bond motifs is 1. The third-order valence-corrected chi connectivity index (χ3v) is 5.31. The van der Waals surface area contributed by atoms with Crippen LogP contribution in [0.4, 0.5) is 0 Å². The van der Waals surface area contributed by atoms with Gasteiger partial charge in [-0.15, -0.1) is 0 Å². The van der Waals surface area contributed by atoms with Crippen molar-refractivity contribution in [2.45, 2.75) is 11.8 Å². The second kappa shape index (κ2) is 6.52. The highest BCUT2D eigenvalue weighted by Gasteiger charge is 2.22. The zero-order valence-electron chi connectivity index (χ0n) is 13.7. The summed E-state index contributed by atoms with van der Waals surface area (Å²) in [5.74, 6) is -0.542. The summed E-state index contributed by atoms with van der Waals surface area (Å²) in [5, 5.41) is 4.82. The lowest BCUT2D eigenvalue weighted by Gasteiger charge is -2.06. The fourth-order valence-electron chi connectivity index (χ4n) is 2.39. The first-order chi connectivity index (χ1) is 11.9. The topological polar surface area (TPSA) is 78.3 Å². The maximum absolute atomic E-state index is 13.0. The van der Waals surface area contributed by atoms with Gasteiger partial charge >= 0.3 is 5.97 Å². The molecule has 0 unspecified atom stereocenters. The molecule has 0 amide bonds. The normalized spacial score (nSPS) is 11.9. The number of carbonyl (C=O) groups is 1. The van der Waals surface area contributed by atoms with Crippen LogP contribution in [0, 0.1) is 6.92 Å². The van der Waals surface area contributed by atoms with Gasteiger partial charge in [-0.3, -0.25) is 0 Å². The number of para-hydroxylation sites is 1. The number of benzene rings is 2. The Morgan fingerprint density at radius 3 is 2.48 bits per heavy atom. The van der Waals surface area contributed by atoms with Gasteiger partial charge in [0.05, 0.1) is 23.2 Å². The van der Waals surface area contributed by atoms with Crippen molar-refractivity contribution in [2.24, 2.45) is 0 Å². The van der Waals surface area contributed by atoms with E-state index in [2.05, 4.69) is 9.84 Å². The van der Waals surface area contributed by atoms with Gasteiger partial charge in [-0.2, -0.15) is 17.6 Å². The average molecular weight is 356 g/mol. The SMILES string of the molecule is COC(=O)C=Cc1nn(S(=O)(=O)c2ccc(C)cc2)c2ccccc12. The standard InChI is InChI=1S/C18H16N2O4S/c1-13-7-9-14(10-8-13)25(22,23)20-17-6-4-3-5-15(17)16(19-20)11-12-18(21)24-2/h3-12H,1-2H3. The summed E-state index contributed by atoms with van der Waals surface area (Å²) in [5.41, 5.74) is 1.77. The average Bonchev–Trinajstić information content (AvgIpc) is 2.99. The van der Waals surface area contributed by atoms with E-state index in [0.717, 1.165) is 9.65 Å². The number of rotatable bonds is 4. The zero-order valence-corrected chi connectivity index (χ0v) is 14.5. The largest absolute Gasteiger partial charge is 0.466 e. The minimum atomic E-state index is -3.85. The Kier molecular flexibility index (Phi) is 4.41. The molecule has 1 aromatic heterocycles. The summed E-state index contributed by atoms with van der Waals surface area (Å²) >= 11 is 0. The molecule has 0 spiro atoms. The number of carbonyl (C=O) groups excluding carboxylic acids is 1. The molecule has 0 saturated heterocycles. The molecular weight excluding hydrogens is 340 g/mol. The van der Waals surface area contributed by atoms with E-state index < -0.39 is 16.0 Å². The molecular formula is C18H16N2O4S. The molecule has 0 atom stereocenters. The molecule has 0 aliphatic carbocycles. The van der Waals surface area contributed by atoms with Crippen LogP contribution < -0.4 is 0 Å². The summed E-state index contributed by atoms with van der Waals surface area (Å²) in [6.07, 6.45) is 2.65. The molecule has 0 bridgehead atoms. The van der Waals surface area contributed by atoms with Crippen molar-refractivity contribution >= 4 is 33.0 Å².